The number of aliphatic carboxylic acids is 1. The topological polar surface area (TPSA) is 131 Å². The Labute approximate surface area is 98.3 Å². The van der Waals surface area contributed by atoms with Crippen molar-refractivity contribution in [2.24, 2.45) is 5.16 Å². The van der Waals surface area contributed by atoms with Gasteiger partial charge < -0.3 is 15.3 Å². The molecule has 1 rings (SSSR count). The molecule has 0 fully saturated rings. The number of aromatic nitrogens is 2. The highest BCUT2D eigenvalue weighted by atomic mass is 32.1. The molecule has 0 saturated heterocycles. The van der Waals surface area contributed by atoms with E-state index in [2.05, 4.69) is 24.7 Å². The summed E-state index contributed by atoms with van der Waals surface area (Å²) >= 11 is 0.843. The number of hydrogen-bond acceptors (Lipinski definition) is 8. The fourth-order valence-corrected chi connectivity index (χ4v) is 1.24. The van der Waals surface area contributed by atoms with Gasteiger partial charge in [-0.05, 0) is 0 Å². The Balaban J connectivity index is 2.74. The molecule has 1 heterocycles. The third-order valence-corrected chi connectivity index (χ3v) is 1.95. The van der Waals surface area contributed by atoms with Gasteiger partial charge in [0, 0.05) is 11.5 Å². The highest BCUT2D eigenvalue weighted by Crippen LogP contribution is 2.10. The molecule has 0 saturated carbocycles. The summed E-state index contributed by atoms with van der Waals surface area (Å²) in [5.74, 6) is -1.28. The van der Waals surface area contributed by atoms with Gasteiger partial charge in [0.25, 0.3) is 0 Å². The molecule has 0 aromatic carbocycles. The van der Waals surface area contributed by atoms with Crippen LogP contribution in [0.2, 0.25) is 0 Å². The number of carboxylic acids is 1. The first-order chi connectivity index (χ1) is 8.17. The lowest BCUT2D eigenvalue weighted by atomic mass is 10.4. The number of nitrogens with zero attached hydrogens (tertiary/aromatic N) is 3. The fourth-order valence-electron chi connectivity index (χ4n) is 0.709. The molecular weight excluding hydrogens is 252 g/mol. The van der Waals surface area contributed by atoms with E-state index in [1.54, 1.807) is 0 Å². The molecule has 90 valence electrons. The third-order valence-electron chi connectivity index (χ3n) is 1.30. The van der Waals surface area contributed by atoms with Crippen molar-refractivity contribution >= 4 is 41.0 Å². The summed E-state index contributed by atoms with van der Waals surface area (Å²) in [5, 5.41) is 14.0. The Hall–Kier alpha value is -2.36. The first kappa shape index (κ1) is 12.7. The average molecular weight is 258 g/mol. The molecule has 0 bridgehead atoms. The minimum Gasteiger partial charge on any atom is -0.479 e. The highest BCUT2D eigenvalue weighted by Gasteiger charge is 2.11. The number of carbonyl (C=O) groups is 3. The smallest absolute Gasteiger partial charge is 0.344 e. The summed E-state index contributed by atoms with van der Waals surface area (Å²) < 4.78 is 3.72. The maximum Gasteiger partial charge on any atom is 0.344 e. The molecule has 1 aromatic heterocycles. The maximum absolute atomic E-state index is 10.6. The molecule has 1 amide bonds. The van der Waals surface area contributed by atoms with E-state index >= 15 is 0 Å². The van der Waals surface area contributed by atoms with E-state index in [0.717, 1.165) is 11.5 Å². The summed E-state index contributed by atoms with van der Waals surface area (Å²) in [6.07, 6.45) is 0.720. The Morgan fingerprint density at radius 3 is 2.94 bits per heavy atom. The molecule has 10 heteroatoms. The molecular formula is C7H6N4O5S. The van der Waals surface area contributed by atoms with Crippen LogP contribution in [0.4, 0.5) is 5.13 Å². The number of hydrogen-bond donors (Lipinski definition) is 2. The van der Waals surface area contributed by atoms with E-state index < -0.39 is 12.6 Å². The molecule has 0 atom stereocenters. The van der Waals surface area contributed by atoms with Crippen molar-refractivity contribution in [2.75, 3.05) is 11.9 Å². The van der Waals surface area contributed by atoms with E-state index in [-0.39, 0.29) is 16.7 Å². The van der Waals surface area contributed by atoms with Gasteiger partial charge in [-0.3, -0.25) is 9.59 Å². The van der Waals surface area contributed by atoms with E-state index in [1.807, 2.05) is 0 Å². The SMILES string of the molecule is O=CNc1nc(/C(C=O)=N/OCC(=O)O)ns1. The average Bonchev–Trinajstić information content (AvgIpc) is 2.73. The van der Waals surface area contributed by atoms with Crippen molar-refractivity contribution < 1.29 is 24.3 Å². The standard InChI is InChI=1S/C7H6N4O5S/c12-1-4(10-16-2-5(14)15)6-9-7(8-3-13)17-11-6/h1,3H,2H2,(H,14,15)(H,8,9,11,13)/b10-4+. The maximum atomic E-state index is 10.6. The molecule has 0 spiro atoms. The van der Waals surface area contributed by atoms with Gasteiger partial charge >= 0.3 is 5.97 Å². The molecule has 0 aliphatic carbocycles. The van der Waals surface area contributed by atoms with E-state index in [1.165, 1.54) is 0 Å². The number of aldehydes is 1. The zero-order chi connectivity index (χ0) is 12.7. The zero-order valence-electron chi connectivity index (χ0n) is 8.19. The molecule has 0 unspecified atom stereocenters. The van der Waals surface area contributed by atoms with Crippen LogP contribution >= 0.6 is 11.5 Å². The number of carbonyl (C=O) groups excluding carboxylic acids is 2. The summed E-state index contributed by atoms with van der Waals surface area (Å²) in [7, 11) is 0. The Morgan fingerprint density at radius 2 is 2.35 bits per heavy atom. The van der Waals surface area contributed by atoms with Crippen molar-refractivity contribution in [1.29, 1.82) is 0 Å². The predicted octanol–water partition coefficient (Wildman–Crippen LogP) is -0.889. The van der Waals surface area contributed by atoms with Crippen LogP contribution < -0.4 is 5.32 Å². The molecule has 0 aliphatic rings. The van der Waals surface area contributed by atoms with E-state index in [9.17, 15) is 14.4 Å². The van der Waals surface area contributed by atoms with Crippen molar-refractivity contribution in [3.8, 4) is 0 Å². The lowest BCUT2D eigenvalue weighted by molar-refractivity contribution is -0.142. The monoisotopic (exact) mass is 258 g/mol. The van der Waals surface area contributed by atoms with Gasteiger partial charge in [-0.1, -0.05) is 5.16 Å². The minimum absolute atomic E-state index is 0.0558. The second-order valence-electron chi connectivity index (χ2n) is 2.45. The van der Waals surface area contributed by atoms with Gasteiger partial charge in [-0.2, -0.15) is 9.36 Å². The third kappa shape index (κ3) is 3.95. The van der Waals surface area contributed by atoms with Gasteiger partial charge in [0.15, 0.2) is 17.8 Å². The van der Waals surface area contributed by atoms with Crippen LogP contribution in [0.25, 0.3) is 0 Å². The molecule has 0 aliphatic heterocycles. The molecule has 17 heavy (non-hydrogen) atoms. The lowest BCUT2D eigenvalue weighted by Crippen LogP contribution is -2.09. The number of carboxylic acid groups (broad SMARTS) is 1. The quantitative estimate of drug-likeness (QED) is 0.368. The number of rotatable bonds is 7. The van der Waals surface area contributed by atoms with Crippen molar-refractivity contribution in [1.82, 2.24) is 9.36 Å². The summed E-state index contributed by atoms with van der Waals surface area (Å²) in [6.45, 7) is -0.680. The van der Waals surface area contributed by atoms with Crippen molar-refractivity contribution in [3.63, 3.8) is 0 Å². The van der Waals surface area contributed by atoms with Crippen LogP contribution in [-0.2, 0) is 19.2 Å². The Kier molecular flexibility index (Phi) is 4.69. The van der Waals surface area contributed by atoms with Crippen LogP contribution in [0.1, 0.15) is 5.82 Å². The van der Waals surface area contributed by atoms with Gasteiger partial charge in [-0.25, -0.2) is 4.79 Å². The van der Waals surface area contributed by atoms with Crippen LogP contribution in [0.5, 0.6) is 0 Å². The minimum atomic E-state index is -1.23. The normalized spacial score (nSPS) is 10.7. The zero-order valence-corrected chi connectivity index (χ0v) is 9.01. The molecule has 2 N–H and O–H groups in total. The molecule has 1 aromatic rings. The van der Waals surface area contributed by atoms with Gasteiger partial charge in [-0.15, -0.1) is 0 Å². The summed E-state index contributed by atoms with van der Waals surface area (Å²) in [4.78, 5) is 39.0. The van der Waals surface area contributed by atoms with Gasteiger partial charge in [0.05, 0.1) is 0 Å². The molecule has 9 nitrogen and oxygen atoms in total. The highest BCUT2D eigenvalue weighted by molar-refractivity contribution is 7.10. The van der Waals surface area contributed by atoms with Crippen LogP contribution in [0.3, 0.4) is 0 Å². The largest absolute Gasteiger partial charge is 0.479 e. The van der Waals surface area contributed by atoms with E-state index in [4.69, 9.17) is 5.11 Å². The van der Waals surface area contributed by atoms with Gasteiger partial charge in [0.1, 0.15) is 0 Å². The van der Waals surface area contributed by atoms with Crippen LogP contribution in [-0.4, -0.2) is 45.4 Å². The van der Waals surface area contributed by atoms with Crippen LogP contribution in [0, 0.1) is 0 Å². The fraction of sp³-hybridized carbons (Fsp3) is 0.143. The van der Waals surface area contributed by atoms with E-state index in [0.29, 0.717) is 12.7 Å². The number of amides is 1. The second kappa shape index (κ2) is 6.27. The summed E-state index contributed by atoms with van der Waals surface area (Å²) in [6, 6.07) is 0. The Bertz CT molecular complexity index is 457. The van der Waals surface area contributed by atoms with Crippen molar-refractivity contribution in [2.45, 2.75) is 0 Å². The summed E-state index contributed by atoms with van der Waals surface area (Å²) in [5.41, 5.74) is -0.263. The number of nitrogens with one attached hydrogen (secondary N) is 1. The molecule has 0 radical (unpaired) electrons. The number of oxime groups is 1. The van der Waals surface area contributed by atoms with Crippen LogP contribution in [0.15, 0.2) is 5.16 Å². The predicted molar refractivity (Wildman–Crippen MR) is 55.8 cm³/mol. The number of anilines is 1. The second-order valence-corrected chi connectivity index (χ2v) is 3.20. The first-order valence-electron chi connectivity index (χ1n) is 4.08. The lowest BCUT2D eigenvalue weighted by Gasteiger charge is -1.94. The van der Waals surface area contributed by atoms with Gasteiger partial charge in [0.2, 0.25) is 18.1 Å². The first-order valence-corrected chi connectivity index (χ1v) is 4.86. The Morgan fingerprint density at radius 1 is 1.59 bits per heavy atom. The van der Waals surface area contributed by atoms with Crippen molar-refractivity contribution in [3.05, 3.63) is 5.82 Å².